The van der Waals surface area contributed by atoms with E-state index in [1.807, 2.05) is 55.1 Å². The first kappa shape index (κ1) is 16.0. The number of aliphatic imine (C=N–C) groups is 1. The van der Waals surface area contributed by atoms with Crippen molar-refractivity contribution in [3.05, 3.63) is 84.6 Å². The third-order valence-corrected chi connectivity index (χ3v) is 5.02. The Hall–Kier alpha value is -3.18. The molecule has 3 aromatic rings. The number of fused-ring (bicyclic) bond motifs is 1. The van der Waals surface area contributed by atoms with Gasteiger partial charge in [-0.1, -0.05) is 29.8 Å². The molecule has 2 aliphatic rings. The summed E-state index contributed by atoms with van der Waals surface area (Å²) in [6, 6.07) is 12.0. The molecule has 2 atom stereocenters. The third kappa shape index (κ3) is 2.96. The minimum absolute atomic E-state index is 0.192. The first-order valence-electron chi connectivity index (χ1n) is 8.72. The number of rotatable bonds is 3. The maximum Gasteiger partial charge on any atom is 0.153 e. The van der Waals surface area contributed by atoms with Crippen molar-refractivity contribution in [1.29, 1.82) is 0 Å². The number of pyridine rings is 1. The zero-order chi connectivity index (χ0) is 18.2. The summed E-state index contributed by atoms with van der Waals surface area (Å²) in [5.74, 6) is 1.12. The fraction of sp³-hybridized carbons (Fsp3) is 0.0952. The summed E-state index contributed by atoms with van der Waals surface area (Å²) >= 11 is 6.44. The summed E-state index contributed by atoms with van der Waals surface area (Å²) < 4.78 is 1.76. The number of aromatic nitrogens is 3. The van der Waals surface area contributed by atoms with Gasteiger partial charge >= 0.3 is 0 Å². The monoisotopic (exact) mass is 373 g/mol. The highest BCUT2D eigenvalue weighted by atomic mass is 35.5. The predicted molar refractivity (Wildman–Crippen MR) is 108 cm³/mol. The molecule has 0 N–H and O–H groups in total. The van der Waals surface area contributed by atoms with Crippen molar-refractivity contribution in [2.75, 3.05) is 4.90 Å². The quantitative estimate of drug-likeness (QED) is 0.678. The van der Waals surface area contributed by atoms with E-state index in [9.17, 15) is 0 Å². The smallest absolute Gasteiger partial charge is 0.153 e. The third-order valence-electron chi connectivity index (χ3n) is 4.80. The normalized spacial score (nSPS) is 20.3. The van der Waals surface area contributed by atoms with Crippen LogP contribution in [-0.2, 0) is 0 Å². The Morgan fingerprint density at radius 3 is 2.89 bits per heavy atom. The van der Waals surface area contributed by atoms with Crippen LogP contribution in [0.15, 0.2) is 84.5 Å². The lowest BCUT2D eigenvalue weighted by atomic mass is 10.0. The van der Waals surface area contributed by atoms with E-state index in [1.165, 1.54) is 0 Å². The zero-order valence-corrected chi connectivity index (χ0v) is 15.1. The van der Waals surface area contributed by atoms with Crippen LogP contribution >= 0.6 is 11.6 Å². The molecule has 0 saturated carbocycles. The molecular weight excluding hydrogens is 358 g/mol. The van der Waals surface area contributed by atoms with Crippen molar-refractivity contribution >= 4 is 23.5 Å². The van der Waals surface area contributed by atoms with Gasteiger partial charge in [-0.25, -0.2) is 9.67 Å². The lowest BCUT2D eigenvalue weighted by Crippen LogP contribution is -2.33. The Bertz CT molecular complexity index is 1070. The van der Waals surface area contributed by atoms with E-state index in [0.29, 0.717) is 10.9 Å². The minimum Gasteiger partial charge on any atom is -0.339 e. The van der Waals surface area contributed by atoms with Crippen LogP contribution in [0.3, 0.4) is 0 Å². The van der Waals surface area contributed by atoms with E-state index in [0.717, 1.165) is 22.6 Å². The minimum atomic E-state index is 0.192. The molecule has 2 aliphatic heterocycles. The molecular formula is C21H16ClN5. The summed E-state index contributed by atoms with van der Waals surface area (Å²) in [4.78, 5) is 10.8. The molecule has 5 nitrogen and oxygen atoms in total. The highest BCUT2D eigenvalue weighted by molar-refractivity contribution is 6.31. The molecule has 132 valence electrons. The predicted octanol–water partition coefficient (Wildman–Crippen LogP) is 4.50. The fourth-order valence-electron chi connectivity index (χ4n) is 3.46. The Morgan fingerprint density at radius 1 is 1.04 bits per heavy atom. The van der Waals surface area contributed by atoms with E-state index in [2.05, 4.69) is 44.4 Å². The van der Waals surface area contributed by atoms with Crippen LogP contribution in [0.25, 0.3) is 16.9 Å². The second-order valence-electron chi connectivity index (χ2n) is 6.52. The van der Waals surface area contributed by atoms with Crippen molar-refractivity contribution < 1.29 is 0 Å². The van der Waals surface area contributed by atoms with Crippen molar-refractivity contribution in [3.63, 3.8) is 0 Å². The van der Waals surface area contributed by atoms with Gasteiger partial charge in [0.2, 0.25) is 0 Å². The summed E-state index contributed by atoms with van der Waals surface area (Å²) in [6.07, 6.45) is 15.8. The second kappa shape index (κ2) is 6.52. The SMILES string of the molecule is Clc1cc(-c2cnn(-c3ccccn3)c2)cc(N2C=CC3C=CN=CC32)c1. The van der Waals surface area contributed by atoms with Gasteiger partial charge in [0.15, 0.2) is 5.82 Å². The van der Waals surface area contributed by atoms with E-state index >= 15 is 0 Å². The van der Waals surface area contributed by atoms with E-state index < -0.39 is 0 Å². The van der Waals surface area contributed by atoms with Gasteiger partial charge in [-0.05, 0) is 35.9 Å². The molecule has 2 aromatic heterocycles. The molecule has 0 saturated heterocycles. The van der Waals surface area contributed by atoms with E-state index in [4.69, 9.17) is 11.6 Å². The largest absolute Gasteiger partial charge is 0.339 e. The molecule has 1 aromatic carbocycles. The van der Waals surface area contributed by atoms with Crippen LogP contribution in [0.5, 0.6) is 0 Å². The average molecular weight is 374 g/mol. The number of hydrogen-bond donors (Lipinski definition) is 0. The van der Waals surface area contributed by atoms with Crippen molar-refractivity contribution in [3.8, 4) is 16.9 Å². The van der Waals surface area contributed by atoms with E-state index in [1.54, 1.807) is 10.9 Å². The summed E-state index contributed by atoms with van der Waals surface area (Å²) in [5, 5.41) is 5.13. The van der Waals surface area contributed by atoms with Gasteiger partial charge in [-0.2, -0.15) is 5.10 Å². The van der Waals surface area contributed by atoms with Crippen LogP contribution < -0.4 is 4.90 Å². The maximum absolute atomic E-state index is 6.44. The van der Waals surface area contributed by atoms with Gasteiger partial charge < -0.3 is 4.90 Å². The first-order chi connectivity index (χ1) is 13.3. The van der Waals surface area contributed by atoms with Crippen LogP contribution in [0.2, 0.25) is 5.02 Å². The second-order valence-corrected chi connectivity index (χ2v) is 6.95. The summed E-state index contributed by atoms with van der Waals surface area (Å²) in [6.45, 7) is 0. The lowest BCUT2D eigenvalue weighted by molar-refractivity contribution is 0.743. The number of halogens is 1. The zero-order valence-electron chi connectivity index (χ0n) is 14.4. The van der Waals surface area contributed by atoms with Crippen LogP contribution in [0.1, 0.15) is 0 Å². The highest BCUT2D eigenvalue weighted by Gasteiger charge is 2.28. The number of anilines is 1. The number of nitrogens with zero attached hydrogens (tertiary/aromatic N) is 5. The molecule has 4 heterocycles. The van der Waals surface area contributed by atoms with Gasteiger partial charge in [0.25, 0.3) is 0 Å². The molecule has 27 heavy (non-hydrogen) atoms. The summed E-state index contributed by atoms with van der Waals surface area (Å²) in [7, 11) is 0. The van der Waals surface area contributed by atoms with Crippen molar-refractivity contribution in [2.24, 2.45) is 10.9 Å². The number of hydrogen-bond acceptors (Lipinski definition) is 4. The van der Waals surface area contributed by atoms with Gasteiger partial charge in [0.1, 0.15) is 0 Å². The van der Waals surface area contributed by atoms with E-state index in [-0.39, 0.29) is 6.04 Å². The van der Waals surface area contributed by atoms with Gasteiger partial charge in [-0.15, -0.1) is 0 Å². The molecule has 0 aliphatic carbocycles. The molecule has 6 heteroatoms. The van der Waals surface area contributed by atoms with Crippen molar-refractivity contribution in [1.82, 2.24) is 14.8 Å². The maximum atomic E-state index is 6.44. The molecule has 0 radical (unpaired) electrons. The topological polar surface area (TPSA) is 46.3 Å². The Kier molecular flexibility index (Phi) is 3.87. The fourth-order valence-corrected chi connectivity index (χ4v) is 3.69. The van der Waals surface area contributed by atoms with Gasteiger partial charge in [-0.3, -0.25) is 4.99 Å². The van der Waals surface area contributed by atoms with Gasteiger partial charge in [0.05, 0.1) is 12.2 Å². The highest BCUT2D eigenvalue weighted by Crippen LogP contribution is 2.34. The molecule has 0 fully saturated rings. The standard InChI is InChI=1S/C21H16ClN5/c22-18-9-16(17-12-25-27(14-17)21-3-1-2-6-24-21)10-19(11-18)26-8-5-15-4-7-23-13-20(15)26/h1-15,20H. The molecule has 0 bridgehead atoms. The molecule has 0 spiro atoms. The lowest BCUT2D eigenvalue weighted by Gasteiger charge is -2.27. The number of benzene rings is 1. The van der Waals surface area contributed by atoms with Crippen LogP contribution in [-0.4, -0.2) is 27.0 Å². The molecule has 2 unspecified atom stereocenters. The Balaban J connectivity index is 1.50. The first-order valence-corrected chi connectivity index (χ1v) is 9.09. The molecule has 0 amide bonds. The van der Waals surface area contributed by atoms with Crippen molar-refractivity contribution in [2.45, 2.75) is 6.04 Å². The Morgan fingerprint density at radius 2 is 2.00 bits per heavy atom. The Labute approximate surface area is 161 Å². The summed E-state index contributed by atoms with van der Waals surface area (Å²) in [5.41, 5.74) is 3.04. The average Bonchev–Trinajstić information content (AvgIpc) is 3.36. The van der Waals surface area contributed by atoms with Gasteiger partial charge in [0, 0.05) is 53.2 Å². The van der Waals surface area contributed by atoms with Crippen LogP contribution in [0, 0.1) is 5.92 Å². The van der Waals surface area contributed by atoms with Crippen LogP contribution in [0.4, 0.5) is 5.69 Å². The molecule has 5 rings (SSSR count).